The maximum atomic E-state index is 13.8. The number of nitrogen functional groups attached to an aromatic ring is 1. The fourth-order valence-electron chi connectivity index (χ4n) is 5.03. The molecule has 0 radical (unpaired) electrons. The second kappa shape index (κ2) is 12.1. The molecule has 2 aliphatic rings. The molecule has 0 saturated heterocycles. The van der Waals surface area contributed by atoms with Crippen LogP contribution in [-0.4, -0.2) is 40.2 Å². The van der Waals surface area contributed by atoms with Crippen molar-refractivity contribution >= 4 is 52.2 Å². The summed E-state index contributed by atoms with van der Waals surface area (Å²) in [5.74, 6) is -1.07. The van der Waals surface area contributed by atoms with Crippen molar-refractivity contribution in [1.29, 1.82) is 0 Å². The van der Waals surface area contributed by atoms with Crippen LogP contribution in [0.3, 0.4) is 0 Å². The molecule has 1 heterocycles. The van der Waals surface area contributed by atoms with Crippen LogP contribution >= 0.6 is 23.1 Å². The molecule has 4 N–H and O–H groups in total. The van der Waals surface area contributed by atoms with Gasteiger partial charge in [-0.05, 0) is 68.4 Å². The third-order valence-electron chi connectivity index (χ3n) is 7.12. The summed E-state index contributed by atoms with van der Waals surface area (Å²) < 4.78 is 4.23. The van der Waals surface area contributed by atoms with E-state index >= 15 is 0 Å². The zero-order valence-corrected chi connectivity index (χ0v) is 22.2. The van der Waals surface area contributed by atoms with Crippen molar-refractivity contribution in [3.8, 4) is 0 Å². The van der Waals surface area contributed by atoms with E-state index in [1.165, 1.54) is 17.7 Å². The van der Waals surface area contributed by atoms with Gasteiger partial charge in [-0.2, -0.15) is 4.37 Å². The quantitative estimate of drug-likeness (QED) is 0.468. The molecule has 0 bridgehead atoms. The minimum Gasteiger partial charge on any atom is -0.395 e. The summed E-state index contributed by atoms with van der Waals surface area (Å²) in [4.78, 5) is 41.4. The molecule has 2 saturated carbocycles. The van der Waals surface area contributed by atoms with E-state index in [-0.39, 0.29) is 40.2 Å². The van der Waals surface area contributed by atoms with Gasteiger partial charge in [0.15, 0.2) is 5.69 Å². The first-order valence-corrected chi connectivity index (χ1v) is 14.0. The Morgan fingerprint density at radius 1 is 0.972 bits per heavy atom. The van der Waals surface area contributed by atoms with Crippen LogP contribution in [-0.2, 0) is 4.79 Å². The highest BCUT2D eigenvalue weighted by Crippen LogP contribution is 2.29. The Balaban J connectivity index is 1.56. The SMILES string of the molecule is CC(C(=O)NC1CCCCC1)N(C(=O)c1snc(C(=O)NC2CCCCC2)c1N)c1ccc(Cl)cc1. The van der Waals surface area contributed by atoms with Crippen LogP contribution < -0.4 is 21.3 Å². The molecular weight excluding hydrogens is 498 g/mol. The first-order valence-electron chi connectivity index (χ1n) is 12.8. The van der Waals surface area contributed by atoms with Gasteiger partial charge in [-0.25, -0.2) is 0 Å². The number of hydrogen-bond donors (Lipinski definition) is 3. The summed E-state index contributed by atoms with van der Waals surface area (Å²) in [7, 11) is 0. The number of hydrogen-bond acceptors (Lipinski definition) is 6. The smallest absolute Gasteiger partial charge is 0.273 e. The van der Waals surface area contributed by atoms with Gasteiger partial charge in [0.2, 0.25) is 5.91 Å². The lowest BCUT2D eigenvalue weighted by molar-refractivity contribution is -0.122. The topological polar surface area (TPSA) is 117 Å². The molecule has 1 unspecified atom stereocenters. The van der Waals surface area contributed by atoms with Crippen molar-refractivity contribution in [2.24, 2.45) is 0 Å². The molecule has 2 aromatic rings. The molecule has 2 aliphatic carbocycles. The second-order valence-corrected chi connectivity index (χ2v) is 11.0. The first kappa shape index (κ1) is 26.4. The molecule has 10 heteroatoms. The minimum atomic E-state index is -0.804. The van der Waals surface area contributed by atoms with Crippen LogP contribution in [0.5, 0.6) is 0 Å². The van der Waals surface area contributed by atoms with Crippen LogP contribution in [0.1, 0.15) is 91.3 Å². The van der Waals surface area contributed by atoms with Crippen LogP contribution in [0.2, 0.25) is 5.02 Å². The molecule has 0 spiro atoms. The fourth-order valence-corrected chi connectivity index (χ4v) is 5.89. The standard InChI is InChI=1S/C26H34ClN5O3S/c1-16(24(33)29-18-8-4-2-5-9-18)32(20-14-12-17(27)13-15-20)26(35)23-21(28)22(31-36-23)25(34)30-19-10-6-3-7-11-19/h12-16,18-19H,2-11,28H2,1H3,(H,29,33)(H,30,34). The van der Waals surface area contributed by atoms with E-state index in [4.69, 9.17) is 17.3 Å². The van der Waals surface area contributed by atoms with Gasteiger partial charge in [-0.15, -0.1) is 0 Å². The average Bonchev–Trinajstić information content (AvgIpc) is 3.27. The van der Waals surface area contributed by atoms with Gasteiger partial charge in [0.1, 0.15) is 10.9 Å². The first-order chi connectivity index (χ1) is 17.3. The van der Waals surface area contributed by atoms with Crippen molar-refractivity contribution in [3.05, 3.63) is 39.9 Å². The van der Waals surface area contributed by atoms with E-state index in [1.807, 2.05) is 0 Å². The Bertz CT molecular complexity index is 1080. The van der Waals surface area contributed by atoms with E-state index in [1.54, 1.807) is 31.2 Å². The number of nitrogens with one attached hydrogen (secondary N) is 2. The van der Waals surface area contributed by atoms with Crippen molar-refractivity contribution in [2.75, 3.05) is 10.6 Å². The summed E-state index contributed by atoms with van der Waals surface area (Å²) in [6.45, 7) is 1.69. The summed E-state index contributed by atoms with van der Waals surface area (Å²) in [6.07, 6.45) is 10.4. The van der Waals surface area contributed by atoms with Crippen molar-refractivity contribution < 1.29 is 14.4 Å². The molecule has 1 aromatic carbocycles. The number of aromatic nitrogens is 1. The van der Waals surface area contributed by atoms with Crippen molar-refractivity contribution in [1.82, 2.24) is 15.0 Å². The third kappa shape index (κ3) is 6.18. The monoisotopic (exact) mass is 531 g/mol. The van der Waals surface area contributed by atoms with Crippen molar-refractivity contribution in [2.45, 2.75) is 89.3 Å². The zero-order chi connectivity index (χ0) is 25.7. The molecule has 3 amide bonds. The lowest BCUT2D eigenvalue weighted by Crippen LogP contribution is -2.51. The Kier molecular flexibility index (Phi) is 8.85. The number of amides is 3. The molecule has 8 nitrogen and oxygen atoms in total. The van der Waals surface area contributed by atoms with E-state index in [9.17, 15) is 14.4 Å². The number of carbonyl (C=O) groups excluding carboxylic acids is 3. The maximum absolute atomic E-state index is 13.8. The van der Waals surface area contributed by atoms with E-state index in [0.717, 1.165) is 62.9 Å². The lowest BCUT2D eigenvalue weighted by atomic mass is 9.95. The molecular formula is C26H34ClN5O3S. The number of halogens is 1. The predicted molar refractivity (Wildman–Crippen MR) is 144 cm³/mol. The number of benzene rings is 1. The second-order valence-electron chi connectivity index (χ2n) is 9.75. The van der Waals surface area contributed by atoms with Crippen molar-refractivity contribution in [3.63, 3.8) is 0 Å². The maximum Gasteiger partial charge on any atom is 0.273 e. The summed E-state index contributed by atoms with van der Waals surface area (Å²) in [5.41, 5.74) is 6.90. The normalized spacial score (nSPS) is 17.8. The zero-order valence-electron chi connectivity index (χ0n) is 20.6. The molecule has 36 heavy (non-hydrogen) atoms. The summed E-state index contributed by atoms with van der Waals surface area (Å²) in [6, 6.07) is 6.13. The molecule has 1 atom stereocenters. The molecule has 2 fully saturated rings. The molecule has 4 rings (SSSR count). The molecule has 194 valence electrons. The molecule has 1 aromatic heterocycles. The Morgan fingerprint density at radius 3 is 2.11 bits per heavy atom. The van der Waals surface area contributed by atoms with E-state index in [2.05, 4.69) is 15.0 Å². The Morgan fingerprint density at radius 2 is 1.53 bits per heavy atom. The fraction of sp³-hybridized carbons (Fsp3) is 0.538. The van der Waals surface area contributed by atoms with E-state index in [0.29, 0.717) is 10.7 Å². The van der Waals surface area contributed by atoms with Gasteiger partial charge in [0, 0.05) is 22.8 Å². The third-order valence-corrected chi connectivity index (χ3v) is 8.22. The minimum absolute atomic E-state index is 0.0390. The van der Waals surface area contributed by atoms with Gasteiger partial charge in [0.25, 0.3) is 11.8 Å². The molecule has 0 aliphatic heterocycles. The van der Waals surface area contributed by atoms with Crippen LogP contribution in [0, 0.1) is 0 Å². The summed E-state index contributed by atoms with van der Waals surface area (Å²) >= 11 is 6.95. The van der Waals surface area contributed by atoms with Gasteiger partial charge in [-0.3, -0.25) is 19.3 Å². The lowest BCUT2D eigenvalue weighted by Gasteiger charge is -2.31. The number of anilines is 2. The van der Waals surface area contributed by atoms with Gasteiger partial charge in [0.05, 0.1) is 5.69 Å². The largest absolute Gasteiger partial charge is 0.395 e. The highest BCUT2D eigenvalue weighted by molar-refractivity contribution is 7.09. The number of carbonyl (C=O) groups is 3. The van der Waals surface area contributed by atoms with Gasteiger partial charge >= 0.3 is 0 Å². The van der Waals surface area contributed by atoms with Gasteiger partial charge < -0.3 is 16.4 Å². The highest BCUT2D eigenvalue weighted by atomic mass is 35.5. The predicted octanol–water partition coefficient (Wildman–Crippen LogP) is 4.93. The highest BCUT2D eigenvalue weighted by Gasteiger charge is 2.33. The van der Waals surface area contributed by atoms with Crippen LogP contribution in [0.15, 0.2) is 24.3 Å². The van der Waals surface area contributed by atoms with Crippen LogP contribution in [0.25, 0.3) is 0 Å². The summed E-state index contributed by atoms with van der Waals surface area (Å²) in [5, 5.41) is 6.63. The van der Waals surface area contributed by atoms with E-state index < -0.39 is 11.9 Å². The number of nitrogens with zero attached hydrogens (tertiary/aromatic N) is 2. The Hall–Kier alpha value is -2.65. The van der Waals surface area contributed by atoms with Gasteiger partial charge in [-0.1, -0.05) is 50.1 Å². The Labute approximate surface area is 221 Å². The van der Waals surface area contributed by atoms with Crippen LogP contribution in [0.4, 0.5) is 11.4 Å². The average molecular weight is 532 g/mol. The number of rotatable bonds is 7. The number of nitrogens with two attached hydrogens (primary N) is 1.